The van der Waals surface area contributed by atoms with E-state index in [4.69, 9.17) is 0 Å². The maximum absolute atomic E-state index is 13.6. The smallest absolute Gasteiger partial charge is 0.128 e. The first-order chi connectivity index (χ1) is 8.54. The van der Waals surface area contributed by atoms with E-state index in [1.54, 1.807) is 6.07 Å². The van der Waals surface area contributed by atoms with Gasteiger partial charge in [-0.25, -0.2) is 4.39 Å². The van der Waals surface area contributed by atoms with E-state index in [0.717, 1.165) is 21.3 Å². The summed E-state index contributed by atoms with van der Waals surface area (Å²) in [4.78, 5) is 0. The molecule has 0 heterocycles. The molecule has 0 aromatic heterocycles. The molecule has 2 rings (SSSR count). The number of benzene rings is 2. The zero-order valence-electron chi connectivity index (χ0n) is 10.4. The first-order valence-electron chi connectivity index (χ1n) is 5.81. The Labute approximate surface area is 115 Å². The summed E-state index contributed by atoms with van der Waals surface area (Å²) < 4.78 is 14.6. The molecular formula is C15H15BrFN. The maximum atomic E-state index is 13.6. The van der Waals surface area contributed by atoms with Crippen molar-refractivity contribution in [2.24, 2.45) is 0 Å². The zero-order valence-corrected chi connectivity index (χ0v) is 12.0. The summed E-state index contributed by atoms with van der Waals surface area (Å²) in [5.74, 6) is -0.167. The van der Waals surface area contributed by atoms with Crippen LogP contribution in [0.5, 0.6) is 0 Å². The molecule has 1 nitrogen and oxygen atoms in total. The Morgan fingerprint density at radius 1 is 1.06 bits per heavy atom. The van der Waals surface area contributed by atoms with Gasteiger partial charge in [0.25, 0.3) is 0 Å². The quantitative estimate of drug-likeness (QED) is 0.857. The Hall–Kier alpha value is -1.35. The van der Waals surface area contributed by atoms with Crippen molar-refractivity contribution in [1.29, 1.82) is 0 Å². The SMILES string of the molecule is Cc1cc(Br)cc(NCc2cc(C)ccc2F)c1. The Balaban J connectivity index is 2.13. The molecule has 0 aliphatic rings. The van der Waals surface area contributed by atoms with Gasteiger partial charge in [0.2, 0.25) is 0 Å². The molecule has 2 aromatic rings. The van der Waals surface area contributed by atoms with Crippen LogP contribution in [-0.4, -0.2) is 0 Å². The van der Waals surface area contributed by atoms with Crippen LogP contribution in [0.15, 0.2) is 40.9 Å². The standard InChI is InChI=1S/C15H15BrFN/c1-10-3-4-15(17)12(5-10)9-18-14-7-11(2)6-13(16)8-14/h3-8,18H,9H2,1-2H3. The van der Waals surface area contributed by atoms with Crippen LogP contribution in [0.25, 0.3) is 0 Å². The Kier molecular flexibility index (Phi) is 4.02. The first kappa shape index (κ1) is 13.1. The van der Waals surface area contributed by atoms with E-state index in [1.807, 2.05) is 38.1 Å². The maximum Gasteiger partial charge on any atom is 0.128 e. The molecule has 0 amide bonds. The summed E-state index contributed by atoms with van der Waals surface area (Å²) in [6.45, 7) is 4.48. The number of hydrogen-bond donors (Lipinski definition) is 1. The third kappa shape index (κ3) is 3.33. The molecule has 0 aliphatic heterocycles. The van der Waals surface area contributed by atoms with E-state index >= 15 is 0 Å². The lowest BCUT2D eigenvalue weighted by molar-refractivity contribution is 0.612. The molecule has 0 atom stereocenters. The summed E-state index contributed by atoms with van der Waals surface area (Å²) in [6.07, 6.45) is 0. The molecule has 2 aromatic carbocycles. The second-order valence-electron chi connectivity index (χ2n) is 4.47. The Morgan fingerprint density at radius 2 is 1.83 bits per heavy atom. The van der Waals surface area contributed by atoms with Gasteiger partial charge in [0.05, 0.1) is 0 Å². The van der Waals surface area contributed by atoms with Gasteiger partial charge in [-0.05, 0) is 43.7 Å². The highest BCUT2D eigenvalue weighted by Crippen LogP contribution is 2.20. The van der Waals surface area contributed by atoms with E-state index in [0.29, 0.717) is 12.1 Å². The third-order valence-electron chi connectivity index (χ3n) is 2.73. The van der Waals surface area contributed by atoms with Crippen LogP contribution in [0, 0.1) is 19.7 Å². The minimum absolute atomic E-state index is 0.167. The van der Waals surface area contributed by atoms with Crippen molar-refractivity contribution in [1.82, 2.24) is 0 Å². The lowest BCUT2D eigenvalue weighted by Crippen LogP contribution is -2.02. The molecule has 0 unspecified atom stereocenters. The second-order valence-corrected chi connectivity index (χ2v) is 5.38. The van der Waals surface area contributed by atoms with Crippen molar-refractivity contribution in [2.45, 2.75) is 20.4 Å². The molecule has 94 valence electrons. The van der Waals surface area contributed by atoms with Crippen molar-refractivity contribution in [3.8, 4) is 0 Å². The summed E-state index contributed by atoms with van der Waals surface area (Å²) >= 11 is 3.45. The molecular weight excluding hydrogens is 293 g/mol. The highest BCUT2D eigenvalue weighted by molar-refractivity contribution is 9.10. The van der Waals surface area contributed by atoms with Gasteiger partial charge in [0.15, 0.2) is 0 Å². The largest absolute Gasteiger partial charge is 0.381 e. The second kappa shape index (κ2) is 5.53. The minimum atomic E-state index is -0.167. The number of nitrogens with one attached hydrogen (secondary N) is 1. The highest BCUT2D eigenvalue weighted by atomic mass is 79.9. The number of hydrogen-bond acceptors (Lipinski definition) is 1. The van der Waals surface area contributed by atoms with Crippen molar-refractivity contribution >= 4 is 21.6 Å². The van der Waals surface area contributed by atoms with Crippen LogP contribution in [0.3, 0.4) is 0 Å². The Bertz CT molecular complexity index is 546. The van der Waals surface area contributed by atoms with Crippen LogP contribution in [0.4, 0.5) is 10.1 Å². The molecule has 1 N–H and O–H groups in total. The molecule has 0 spiro atoms. The van der Waals surface area contributed by atoms with Crippen molar-refractivity contribution in [3.05, 3.63) is 63.4 Å². The monoisotopic (exact) mass is 307 g/mol. The van der Waals surface area contributed by atoms with E-state index in [9.17, 15) is 4.39 Å². The number of halogens is 2. The van der Waals surface area contributed by atoms with Crippen LogP contribution in [0.2, 0.25) is 0 Å². The fourth-order valence-corrected chi connectivity index (χ4v) is 2.48. The molecule has 0 bridgehead atoms. The van der Waals surface area contributed by atoms with Crippen molar-refractivity contribution in [2.75, 3.05) is 5.32 Å². The fraction of sp³-hybridized carbons (Fsp3) is 0.200. The van der Waals surface area contributed by atoms with Crippen LogP contribution in [0.1, 0.15) is 16.7 Å². The summed E-state index contributed by atoms with van der Waals surface area (Å²) in [7, 11) is 0. The lowest BCUT2D eigenvalue weighted by atomic mass is 10.1. The predicted octanol–water partition coefficient (Wildman–Crippen LogP) is 4.82. The summed E-state index contributed by atoms with van der Waals surface area (Å²) in [6, 6.07) is 11.2. The van der Waals surface area contributed by atoms with Gasteiger partial charge in [-0.15, -0.1) is 0 Å². The van der Waals surface area contributed by atoms with Gasteiger partial charge in [0.1, 0.15) is 5.82 Å². The molecule has 0 aliphatic carbocycles. The first-order valence-corrected chi connectivity index (χ1v) is 6.60. The van der Waals surface area contributed by atoms with E-state index < -0.39 is 0 Å². The van der Waals surface area contributed by atoms with Crippen molar-refractivity contribution in [3.63, 3.8) is 0 Å². The third-order valence-corrected chi connectivity index (χ3v) is 3.18. The zero-order chi connectivity index (χ0) is 13.1. The molecule has 0 saturated carbocycles. The molecule has 0 fully saturated rings. The van der Waals surface area contributed by atoms with Gasteiger partial charge in [-0.3, -0.25) is 0 Å². The summed E-state index contributed by atoms with van der Waals surface area (Å²) in [5.41, 5.74) is 3.91. The number of aryl methyl sites for hydroxylation is 2. The van der Waals surface area contributed by atoms with Crippen LogP contribution >= 0.6 is 15.9 Å². The van der Waals surface area contributed by atoms with E-state index in [2.05, 4.69) is 21.2 Å². The highest BCUT2D eigenvalue weighted by Gasteiger charge is 2.03. The van der Waals surface area contributed by atoms with Gasteiger partial charge in [-0.2, -0.15) is 0 Å². The minimum Gasteiger partial charge on any atom is -0.381 e. The normalized spacial score (nSPS) is 10.4. The number of anilines is 1. The lowest BCUT2D eigenvalue weighted by Gasteiger charge is -2.09. The fourth-order valence-electron chi connectivity index (χ4n) is 1.87. The van der Waals surface area contributed by atoms with E-state index in [1.165, 1.54) is 6.07 Å². The van der Waals surface area contributed by atoms with Gasteiger partial charge >= 0.3 is 0 Å². The Morgan fingerprint density at radius 3 is 2.56 bits per heavy atom. The van der Waals surface area contributed by atoms with Gasteiger partial charge in [0, 0.05) is 22.3 Å². The topological polar surface area (TPSA) is 12.0 Å². The van der Waals surface area contributed by atoms with Crippen molar-refractivity contribution < 1.29 is 4.39 Å². The average molecular weight is 308 g/mol. The van der Waals surface area contributed by atoms with Crippen LogP contribution in [-0.2, 0) is 6.54 Å². The molecule has 18 heavy (non-hydrogen) atoms. The molecule has 0 saturated heterocycles. The average Bonchev–Trinajstić information content (AvgIpc) is 2.29. The predicted molar refractivity (Wildman–Crippen MR) is 77.3 cm³/mol. The van der Waals surface area contributed by atoms with Crippen LogP contribution < -0.4 is 5.32 Å². The molecule has 3 heteroatoms. The van der Waals surface area contributed by atoms with Gasteiger partial charge in [-0.1, -0.05) is 33.6 Å². The summed E-state index contributed by atoms with van der Waals surface area (Å²) in [5, 5.41) is 3.24. The van der Waals surface area contributed by atoms with Gasteiger partial charge < -0.3 is 5.32 Å². The molecule has 0 radical (unpaired) electrons. The number of rotatable bonds is 3. The van der Waals surface area contributed by atoms with E-state index in [-0.39, 0.29) is 5.82 Å².